The molecule has 1 heterocycles. The lowest BCUT2D eigenvalue weighted by Gasteiger charge is -2.16. The fourth-order valence-corrected chi connectivity index (χ4v) is 4.03. The van der Waals surface area contributed by atoms with Gasteiger partial charge in [-0.25, -0.2) is 0 Å². The van der Waals surface area contributed by atoms with Gasteiger partial charge >= 0.3 is 0 Å². The van der Waals surface area contributed by atoms with Crippen molar-refractivity contribution < 1.29 is 4.79 Å². The SMILES string of the molecule is CSc1nnc(CNC(=O)C2(c3ccc(Cl)cc3)CC2)n1Cc1ccccc1. The van der Waals surface area contributed by atoms with Gasteiger partial charge in [-0.3, -0.25) is 4.79 Å². The zero-order chi connectivity index (χ0) is 19.6. The number of hydrogen-bond acceptors (Lipinski definition) is 4. The van der Waals surface area contributed by atoms with Crippen LogP contribution in [-0.4, -0.2) is 26.9 Å². The number of carbonyl (C=O) groups is 1. The van der Waals surface area contributed by atoms with Gasteiger partial charge in [0, 0.05) is 5.02 Å². The zero-order valence-electron chi connectivity index (χ0n) is 15.6. The Hall–Kier alpha value is -2.31. The number of benzene rings is 2. The van der Waals surface area contributed by atoms with E-state index in [2.05, 4.69) is 32.2 Å². The summed E-state index contributed by atoms with van der Waals surface area (Å²) < 4.78 is 2.06. The Morgan fingerprint density at radius 3 is 2.50 bits per heavy atom. The second kappa shape index (κ2) is 7.97. The molecule has 1 aliphatic rings. The molecule has 4 rings (SSSR count). The highest BCUT2D eigenvalue weighted by Gasteiger charge is 2.51. The summed E-state index contributed by atoms with van der Waals surface area (Å²) >= 11 is 7.53. The number of aromatic nitrogens is 3. The molecular formula is C21H21ClN4OS. The van der Waals surface area contributed by atoms with Gasteiger partial charge in [0.15, 0.2) is 11.0 Å². The predicted molar refractivity (Wildman–Crippen MR) is 112 cm³/mol. The molecule has 0 unspecified atom stereocenters. The summed E-state index contributed by atoms with van der Waals surface area (Å²) in [5.74, 6) is 0.795. The molecule has 7 heteroatoms. The standard InChI is InChI=1S/C21H21ClN4OS/c1-28-20-25-24-18(26(20)14-15-5-3-2-4-6-15)13-23-19(27)21(11-12-21)16-7-9-17(22)10-8-16/h2-10H,11-14H2,1H3,(H,23,27). The van der Waals surface area contributed by atoms with Crippen molar-refractivity contribution in [3.8, 4) is 0 Å². The van der Waals surface area contributed by atoms with Crippen LogP contribution in [0.2, 0.25) is 5.02 Å². The molecule has 1 N–H and O–H groups in total. The van der Waals surface area contributed by atoms with E-state index in [1.807, 2.05) is 48.7 Å². The lowest BCUT2D eigenvalue weighted by molar-refractivity contribution is -0.123. The molecule has 0 atom stereocenters. The van der Waals surface area contributed by atoms with Crippen LogP contribution >= 0.6 is 23.4 Å². The molecule has 0 bridgehead atoms. The monoisotopic (exact) mass is 412 g/mol. The van der Waals surface area contributed by atoms with Crippen LogP contribution in [0.15, 0.2) is 59.8 Å². The Bertz CT molecular complexity index is 968. The van der Waals surface area contributed by atoms with Crippen LogP contribution in [-0.2, 0) is 23.3 Å². The van der Waals surface area contributed by atoms with Crippen LogP contribution in [0.5, 0.6) is 0 Å². The fourth-order valence-electron chi connectivity index (χ4n) is 3.39. The number of rotatable bonds is 7. The van der Waals surface area contributed by atoms with Gasteiger partial charge in [-0.15, -0.1) is 10.2 Å². The number of hydrogen-bond donors (Lipinski definition) is 1. The Morgan fingerprint density at radius 2 is 1.86 bits per heavy atom. The first-order valence-corrected chi connectivity index (χ1v) is 10.8. The Kier molecular flexibility index (Phi) is 5.42. The maximum absolute atomic E-state index is 12.9. The molecule has 3 aromatic rings. The van der Waals surface area contributed by atoms with E-state index in [0.717, 1.165) is 29.4 Å². The van der Waals surface area contributed by atoms with Gasteiger partial charge in [-0.2, -0.15) is 0 Å². The van der Waals surface area contributed by atoms with E-state index in [-0.39, 0.29) is 5.91 Å². The number of carbonyl (C=O) groups excluding carboxylic acids is 1. The Balaban J connectivity index is 1.48. The molecule has 0 saturated heterocycles. The molecule has 1 aliphatic carbocycles. The van der Waals surface area contributed by atoms with Crippen molar-refractivity contribution in [1.29, 1.82) is 0 Å². The first kappa shape index (κ1) is 19.0. The molecule has 28 heavy (non-hydrogen) atoms. The van der Waals surface area contributed by atoms with E-state index in [1.165, 1.54) is 5.56 Å². The van der Waals surface area contributed by atoms with Crippen LogP contribution in [0.25, 0.3) is 0 Å². The topological polar surface area (TPSA) is 59.8 Å². The lowest BCUT2D eigenvalue weighted by atomic mass is 9.95. The van der Waals surface area contributed by atoms with Crippen molar-refractivity contribution in [3.63, 3.8) is 0 Å². The van der Waals surface area contributed by atoms with Crippen LogP contribution in [0.3, 0.4) is 0 Å². The summed E-state index contributed by atoms with van der Waals surface area (Å²) in [4.78, 5) is 12.9. The zero-order valence-corrected chi connectivity index (χ0v) is 17.1. The third-order valence-corrected chi connectivity index (χ3v) is 6.07. The summed E-state index contributed by atoms with van der Waals surface area (Å²) in [5, 5.41) is 13.2. The average Bonchev–Trinajstić information content (AvgIpc) is 3.44. The van der Waals surface area contributed by atoms with Gasteiger partial charge in [0.05, 0.1) is 18.5 Å². The first-order valence-electron chi connectivity index (χ1n) is 9.17. The molecule has 2 aromatic carbocycles. The third kappa shape index (κ3) is 3.80. The molecule has 144 valence electrons. The summed E-state index contributed by atoms with van der Waals surface area (Å²) in [6.45, 7) is 1.03. The summed E-state index contributed by atoms with van der Waals surface area (Å²) in [7, 11) is 0. The van der Waals surface area contributed by atoms with Crippen molar-refractivity contribution in [2.24, 2.45) is 0 Å². The van der Waals surface area contributed by atoms with Crippen LogP contribution in [0, 0.1) is 0 Å². The van der Waals surface area contributed by atoms with Gasteiger partial charge < -0.3 is 9.88 Å². The van der Waals surface area contributed by atoms with Crippen molar-refractivity contribution >= 4 is 29.3 Å². The van der Waals surface area contributed by atoms with Crippen LogP contribution in [0.4, 0.5) is 0 Å². The second-order valence-corrected chi connectivity index (χ2v) is 8.16. The number of halogens is 1. The quantitative estimate of drug-likeness (QED) is 0.595. The highest BCUT2D eigenvalue weighted by Crippen LogP contribution is 2.48. The molecule has 1 amide bonds. The number of nitrogens with one attached hydrogen (secondary N) is 1. The predicted octanol–water partition coefficient (Wildman–Crippen LogP) is 4.05. The number of nitrogens with zero attached hydrogens (tertiary/aromatic N) is 3. The van der Waals surface area contributed by atoms with E-state index in [1.54, 1.807) is 11.8 Å². The molecule has 0 radical (unpaired) electrons. The number of thioether (sulfide) groups is 1. The largest absolute Gasteiger partial charge is 0.348 e. The second-order valence-electron chi connectivity index (χ2n) is 6.95. The van der Waals surface area contributed by atoms with Crippen molar-refractivity contribution in [3.05, 3.63) is 76.6 Å². The van der Waals surface area contributed by atoms with E-state index in [0.29, 0.717) is 18.1 Å². The van der Waals surface area contributed by atoms with Gasteiger partial charge in [-0.1, -0.05) is 65.8 Å². The molecule has 1 fully saturated rings. The minimum Gasteiger partial charge on any atom is -0.348 e. The molecule has 0 aliphatic heterocycles. The minimum absolute atomic E-state index is 0.0368. The highest BCUT2D eigenvalue weighted by molar-refractivity contribution is 7.98. The molecular weight excluding hydrogens is 392 g/mol. The van der Waals surface area contributed by atoms with E-state index < -0.39 is 5.41 Å². The Morgan fingerprint density at radius 1 is 1.14 bits per heavy atom. The van der Waals surface area contributed by atoms with E-state index in [9.17, 15) is 4.79 Å². The third-order valence-electron chi connectivity index (χ3n) is 5.15. The molecule has 1 aromatic heterocycles. The summed E-state index contributed by atoms with van der Waals surface area (Å²) in [6, 6.07) is 17.7. The Labute approximate surface area is 173 Å². The molecule has 1 saturated carbocycles. The summed E-state index contributed by atoms with van der Waals surface area (Å²) in [5.41, 5.74) is 1.76. The van der Waals surface area contributed by atoms with E-state index in [4.69, 9.17) is 11.6 Å². The van der Waals surface area contributed by atoms with E-state index >= 15 is 0 Å². The minimum atomic E-state index is -0.433. The van der Waals surface area contributed by atoms with Gasteiger partial charge in [0.2, 0.25) is 5.91 Å². The smallest absolute Gasteiger partial charge is 0.231 e. The fraction of sp³-hybridized carbons (Fsp3) is 0.286. The molecule has 5 nitrogen and oxygen atoms in total. The normalized spacial score (nSPS) is 14.6. The lowest BCUT2D eigenvalue weighted by Crippen LogP contribution is -2.35. The molecule has 0 spiro atoms. The van der Waals surface area contributed by atoms with Crippen molar-refractivity contribution in [2.75, 3.05) is 6.26 Å². The van der Waals surface area contributed by atoms with Crippen LogP contribution < -0.4 is 5.32 Å². The van der Waals surface area contributed by atoms with Gasteiger partial charge in [0.1, 0.15) is 0 Å². The van der Waals surface area contributed by atoms with Gasteiger partial charge in [-0.05, 0) is 42.4 Å². The highest BCUT2D eigenvalue weighted by atomic mass is 35.5. The maximum atomic E-state index is 12.9. The van der Waals surface area contributed by atoms with Gasteiger partial charge in [0.25, 0.3) is 0 Å². The average molecular weight is 413 g/mol. The van der Waals surface area contributed by atoms with Crippen LogP contribution in [0.1, 0.15) is 29.8 Å². The van der Waals surface area contributed by atoms with Crippen molar-refractivity contribution in [2.45, 2.75) is 36.5 Å². The summed E-state index contributed by atoms with van der Waals surface area (Å²) in [6.07, 6.45) is 3.69. The first-order chi connectivity index (χ1) is 13.6. The number of amides is 1. The maximum Gasteiger partial charge on any atom is 0.231 e. The van der Waals surface area contributed by atoms with Crippen molar-refractivity contribution in [1.82, 2.24) is 20.1 Å².